The van der Waals surface area contributed by atoms with E-state index in [1.54, 1.807) is 11.8 Å². The Bertz CT molecular complexity index is 195. The number of hydrogen-bond acceptors (Lipinski definition) is 2. The van der Waals surface area contributed by atoms with Crippen molar-refractivity contribution in [3.8, 4) is 0 Å². The summed E-state index contributed by atoms with van der Waals surface area (Å²) >= 11 is 1.63. The Labute approximate surface area is 84.1 Å². The molecule has 2 nitrogen and oxygen atoms in total. The van der Waals surface area contributed by atoms with Crippen molar-refractivity contribution in [2.45, 2.75) is 19.3 Å². The van der Waals surface area contributed by atoms with Gasteiger partial charge in [0.15, 0.2) is 0 Å². The van der Waals surface area contributed by atoms with Crippen molar-refractivity contribution >= 4 is 17.7 Å². The molecule has 1 saturated carbocycles. The first-order valence-electron chi connectivity index (χ1n) is 5.08. The lowest BCUT2D eigenvalue weighted by Gasteiger charge is -2.16. The summed E-state index contributed by atoms with van der Waals surface area (Å²) in [5, 5.41) is 0. The second-order valence-corrected chi connectivity index (χ2v) is 5.05. The fourth-order valence-electron chi connectivity index (χ4n) is 2.65. The largest absolute Gasteiger partial charge is 0.341 e. The van der Waals surface area contributed by atoms with E-state index in [1.807, 2.05) is 6.26 Å². The average Bonchev–Trinajstić information content (AvgIpc) is 2.61. The van der Waals surface area contributed by atoms with Crippen molar-refractivity contribution in [2.75, 3.05) is 25.1 Å². The highest BCUT2D eigenvalue weighted by atomic mass is 32.2. The molecule has 1 amide bonds. The Kier molecular flexibility index (Phi) is 2.82. The van der Waals surface area contributed by atoms with Gasteiger partial charge in [-0.05, 0) is 30.9 Å². The lowest BCUT2D eigenvalue weighted by atomic mass is 10.0. The van der Waals surface area contributed by atoms with E-state index in [4.69, 9.17) is 0 Å². The summed E-state index contributed by atoms with van der Waals surface area (Å²) < 4.78 is 0. The first-order chi connectivity index (χ1) is 6.31. The lowest BCUT2D eigenvalue weighted by molar-refractivity contribution is -0.127. The molecule has 2 aliphatic rings. The van der Waals surface area contributed by atoms with Crippen LogP contribution in [0.3, 0.4) is 0 Å². The highest BCUT2D eigenvalue weighted by Gasteiger charge is 2.37. The fourth-order valence-corrected chi connectivity index (χ4v) is 3.08. The van der Waals surface area contributed by atoms with E-state index in [-0.39, 0.29) is 0 Å². The van der Waals surface area contributed by atoms with Crippen LogP contribution >= 0.6 is 11.8 Å². The van der Waals surface area contributed by atoms with Crippen molar-refractivity contribution < 1.29 is 4.79 Å². The Balaban J connectivity index is 1.87. The van der Waals surface area contributed by atoms with Crippen LogP contribution in [0.1, 0.15) is 19.3 Å². The van der Waals surface area contributed by atoms with Crippen LogP contribution in [0.2, 0.25) is 0 Å². The van der Waals surface area contributed by atoms with Crippen LogP contribution in [0.5, 0.6) is 0 Å². The van der Waals surface area contributed by atoms with Gasteiger partial charge in [-0.15, -0.1) is 0 Å². The van der Waals surface area contributed by atoms with Gasteiger partial charge < -0.3 is 4.90 Å². The SMILES string of the molecule is CSCC(=O)N1CC2CCCC2C1. The number of carbonyl (C=O) groups excluding carboxylic acids is 1. The molecule has 1 aliphatic heterocycles. The number of fused-ring (bicyclic) bond motifs is 1. The van der Waals surface area contributed by atoms with Crippen molar-refractivity contribution in [3.63, 3.8) is 0 Å². The van der Waals surface area contributed by atoms with Crippen molar-refractivity contribution in [3.05, 3.63) is 0 Å². The first-order valence-corrected chi connectivity index (χ1v) is 6.47. The van der Waals surface area contributed by atoms with Crippen LogP contribution in [0.4, 0.5) is 0 Å². The van der Waals surface area contributed by atoms with Gasteiger partial charge in [0.2, 0.25) is 5.91 Å². The van der Waals surface area contributed by atoms with Gasteiger partial charge in [-0.3, -0.25) is 4.79 Å². The Morgan fingerprint density at radius 1 is 1.38 bits per heavy atom. The molecular formula is C10H17NOS. The molecule has 74 valence electrons. The third-order valence-electron chi connectivity index (χ3n) is 3.35. The Morgan fingerprint density at radius 3 is 2.54 bits per heavy atom. The summed E-state index contributed by atoms with van der Waals surface area (Å²) in [5.41, 5.74) is 0. The van der Waals surface area contributed by atoms with Crippen LogP contribution in [0.15, 0.2) is 0 Å². The molecule has 3 heteroatoms. The van der Waals surface area contributed by atoms with Gasteiger partial charge in [0.25, 0.3) is 0 Å². The molecule has 0 spiro atoms. The first kappa shape index (κ1) is 9.38. The number of likely N-dealkylation sites (tertiary alicyclic amines) is 1. The summed E-state index contributed by atoms with van der Waals surface area (Å²) in [6.07, 6.45) is 6.09. The molecule has 2 atom stereocenters. The highest BCUT2D eigenvalue weighted by Crippen LogP contribution is 2.37. The third kappa shape index (κ3) is 1.85. The van der Waals surface area contributed by atoms with E-state index in [0.717, 1.165) is 24.9 Å². The second kappa shape index (κ2) is 3.91. The normalized spacial score (nSPS) is 32.2. The Morgan fingerprint density at radius 2 is 2.00 bits per heavy atom. The van der Waals surface area contributed by atoms with Crippen LogP contribution in [-0.2, 0) is 4.79 Å². The van der Waals surface area contributed by atoms with Crippen LogP contribution in [-0.4, -0.2) is 35.9 Å². The second-order valence-electron chi connectivity index (χ2n) is 4.18. The molecule has 1 aliphatic carbocycles. The fraction of sp³-hybridized carbons (Fsp3) is 0.900. The molecule has 0 aromatic rings. The number of thioether (sulfide) groups is 1. The molecule has 2 unspecified atom stereocenters. The number of rotatable bonds is 2. The zero-order valence-corrected chi connectivity index (χ0v) is 8.98. The minimum absolute atomic E-state index is 0.349. The van der Waals surface area contributed by atoms with E-state index >= 15 is 0 Å². The lowest BCUT2D eigenvalue weighted by Crippen LogP contribution is -2.30. The van der Waals surface area contributed by atoms with E-state index in [1.165, 1.54) is 19.3 Å². The average molecular weight is 199 g/mol. The Hall–Kier alpha value is -0.180. The van der Waals surface area contributed by atoms with Crippen molar-refractivity contribution in [1.29, 1.82) is 0 Å². The maximum absolute atomic E-state index is 11.6. The minimum atomic E-state index is 0.349. The molecule has 0 radical (unpaired) electrons. The predicted octanol–water partition coefficient (Wildman–Crippen LogP) is 1.61. The minimum Gasteiger partial charge on any atom is -0.341 e. The number of carbonyl (C=O) groups is 1. The van der Waals surface area contributed by atoms with Crippen LogP contribution in [0, 0.1) is 11.8 Å². The van der Waals surface area contributed by atoms with Gasteiger partial charge in [0.05, 0.1) is 5.75 Å². The van der Waals surface area contributed by atoms with E-state index in [0.29, 0.717) is 11.7 Å². The van der Waals surface area contributed by atoms with Gasteiger partial charge in [-0.25, -0.2) is 0 Å². The van der Waals surface area contributed by atoms with Gasteiger partial charge in [0.1, 0.15) is 0 Å². The van der Waals surface area contributed by atoms with Gasteiger partial charge >= 0.3 is 0 Å². The predicted molar refractivity (Wildman–Crippen MR) is 55.8 cm³/mol. The van der Waals surface area contributed by atoms with Crippen LogP contribution < -0.4 is 0 Å². The molecular weight excluding hydrogens is 182 g/mol. The van der Waals surface area contributed by atoms with E-state index < -0.39 is 0 Å². The summed E-state index contributed by atoms with van der Waals surface area (Å²) in [4.78, 5) is 13.7. The smallest absolute Gasteiger partial charge is 0.232 e. The molecule has 13 heavy (non-hydrogen) atoms. The molecule has 1 saturated heterocycles. The van der Waals surface area contributed by atoms with Gasteiger partial charge in [-0.1, -0.05) is 6.42 Å². The maximum atomic E-state index is 11.6. The highest BCUT2D eigenvalue weighted by molar-refractivity contribution is 7.99. The monoisotopic (exact) mass is 199 g/mol. The standard InChI is InChI=1S/C10H17NOS/c1-13-7-10(12)11-5-8-3-2-4-9(8)6-11/h8-9H,2-7H2,1H3. The molecule has 1 heterocycles. The third-order valence-corrected chi connectivity index (χ3v) is 3.88. The number of amides is 1. The molecule has 0 aromatic carbocycles. The topological polar surface area (TPSA) is 20.3 Å². The van der Waals surface area contributed by atoms with E-state index in [9.17, 15) is 4.79 Å². The molecule has 0 N–H and O–H groups in total. The zero-order chi connectivity index (χ0) is 9.26. The van der Waals surface area contributed by atoms with Crippen molar-refractivity contribution in [2.24, 2.45) is 11.8 Å². The van der Waals surface area contributed by atoms with Crippen molar-refractivity contribution in [1.82, 2.24) is 4.90 Å². The zero-order valence-electron chi connectivity index (χ0n) is 8.16. The van der Waals surface area contributed by atoms with E-state index in [2.05, 4.69) is 4.90 Å². The summed E-state index contributed by atoms with van der Waals surface area (Å²) in [6, 6.07) is 0. The quantitative estimate of drug-likeness (QED) is 0.673. The summed E-state index contributed by atoms with van der Waals surface area (Å²) in [7, 11) is 0. The molecule has 0 aromatic heterocycles. The molecule has 2 fully saturated rings. The van der Waals surface area contributed by atoms with Crippen LogP contribution in [0.25, 0.3) is 0 Å². The summed E-state index contributed by atoms with van der Waals surface area (Å²) in [6.45, 7) is 2.09. The van der Waals surface area contributed by atoms with Gasteiger partial charge in [-0.2, -0.15) is 11.8 Å². The summed E-state index contributed by atoms with van der Waals surface area (Å²) in [5.74, 6) is 2.69. The maximum Gasteiger partial charge on any atom is 0.232 e. The number of nitrogens with zero attached hydrogens (tertiary/aromatic N) is 1. The molecule has 2 rings (SSSR count). The number of hydrogen-bond donors (Lipinski definition) is 0. The molecule has 0 bridgehead atoms. The van der Waals surface area contributed by atoms with Gasteiger partial charge in [0, 0.05) is 13.1 Å².